The molecule has 1 unspecified atom stereocenters. The van der Waals surface area contributed by atoms with Crippen LogP contribution in [0.3, 0.4) is 0 Å². The number of thioether (sulfide) groups is 1. The van der Waals surface area contributed by atoms with E-state index in [0.29, 0.717) is 11.3 Å². The molecule has 0 bridgehead atoms. The molecule has 1 aliphatic rings. The molecule has 1 aromatic carbocycles. The van der Waals surface area contributed by atoms with E-state index in [0.717, 1.165) is 43.1 Å². The maximum atomic E-state index is 14.3. The Balaban J connectivity index is 2.20. The Labute approximate surface area is 126 Å². The van der Waals surface area contributed by atoms with Gasteiger partial charge >= 0.3 is 0 Å². The van der Waals surface area contributed by atoms with Crippen LogP contribution in [0.4, 0.5) is 10.1 Å². The maximum absolute atomic E-state index is 14.3. The average molecular weight is 296 g/mol. The molecule has 2 nitrogen and oxygen atoms in total. The molecule has 1 aliphatic heterocycles. The van der Waals surface area contributed by atoms with Crippen molar-refractivity contribution >= 4 is 17.4 Å². The molecule has 4 heteroatoms. The second-order valence-electron chi connectivity index (χ2n) is 5.63. The fraction of sp³-hybridized carbons (Fsp3) is 0.625. The predicted octanol–water partition coefficient (Wildman–Crippen LogP) is 3.66. The average Bonchev–Trinajstić information content (AvgIpc) is 2.45. The van der Waals surface area contributed by atoms with Crippen LogP contribution in [0.5, 0.6) is 0 Å². The quantitative estimate of drug-likeness (QED) is 0.893. The van der Waals surface area contributed by atoms with Gasteiger partial charge in [-0.15, -0.1) is 0 Å². The van der Waals surface area contributed by atoms with Gasteiger partial charge in [-0.2, -0.15) is 11.8 Å². The first-order chi connectivity index (χ1) is 9.61. The molecule has 0 amide bonds. The van der Waals surface area contributed by atoms with Crippen molar-refractivity contribution in [3.8, 4) is 0 Å². The van der Waals surface area contributed by atoms with E-state index < -0.39 is 0 Å². The highest BCUT2D eigenvalue weighted by molar-refractivity contribution is 8.00. The first-order valence-corrected chi connectivity index (χ1v) is 8.54. The largest absolute Gasteiger partial charge is 0.367 e. The van der Waals surface area contributed by atoms with Crippen molar-refractivity contribution in [2.45, 2.75) is 45.0 Å². The van der Waals surface area contributed by atoms with Gasteiger partial charge in [0.25, 0.3) is 0 Å². The molecule has 1 saturated heterocycles. The third-order valence-electron chi connectivity index (χ3n) is 3.68. The normalized spacial score (nSPS) is 19.6. The molecular formula is C16H25FN2S. The van der Waals surface area contributed by atoms with Crippen LogP contribution < -0.4 is 10.2 Å². The summed E-state index contributed by atoms with van der Waals surface area (Å²) < 4.78 is 14.3. The zero-order valence-corrected chi connectivity index (χ0v) is 13.5. The van der Waals surface area contributed by atoms with Gasteiger partial charge in [0.2, 0.25) is 0 Å². The molecular weight excluding hydrogens is 271 g/mol. The topological polar surface area (TPSA) is 15.3 Å². The number of nitrogens with zero attached hydrogens (tertiary/aromatic N) is 1. The summed E-state index contributed by atoms with van der Waals surface area (Å²) in [6, 6.07) is 5.84. The molecule has 1 fully saturated rings. The Hall–Kier alpha value is -0.740. The standard InChI is InChI=1S/C16H25FN2S/c1-4-14-11-19(8-9-20-14)16-13(10-18-12(2)3)6-5-7-15(16)17/h5-7,12,14,18H,4,8-11H2,1-3H3. The molecule has 0 radical (unpaired) electrons. The molecule has 0 aliphatic carbocycles. The van der Waals surface area contributed by atoms with E-state index in [2.05, 4.69) is 31.0 Å². The van der Waals surface area contributed by atoms with Crippen molar-refractivity contribution in [2.24, 2.45) is 0 Å². The highest BCUT2D eigenvalue weighted by Gasteiger charge is 2.23. The van der Waals surface area contributed by atoms with Crippen molar-refractivity contribution in [3.63, 3.8) is 0 Å². The molecule has 1 heterocycles. The van der Waals surface area contributed by atoms with Gasteiger partial charge < -0.3 is 10.2 Å². The van der Waals surface area contributed by atoms with E-state index in [1.54, 1.807) is 6.07 Å². The van der Waals surface area contributed by atoms with Crippen molar-refractivity contribution < 1.29 is 4.39 Å². The fourth-order valence-electron chi connectivity index (χ4n) is 2.54. The van der Waals surface area contributed by atoms with Gasteiger partial charge in [0.05, 0.1) is 5.69 Å². The SMILES string of the molecule is CCC1CN(c2c(F)cccc2CNC(C)C)CCS1. The Morgan fingerprint density at radius 1 is 1.45 bits per heavy atom. The van der Waals surface area contributed by atoms with Crippen LogP contribution in [0.2, 0.25) is 0 Å². The lowest BCUT2D eigenvalue weighted by Crippen LogP contribution is -2.39. The number of hydrogen-bond acceptors (Lipinski definition) is 3. The van der Waals surface area contributed by atoms with E-state index in [1.165, 1.54) is 0 Å². The molecule has 0 spiro atoms. The zero-order chi connectivity index (χ0) is 14.5. The Kier molecular flexibility index (Phi) is 5.73. The number of rotatable bonds is 5. The van der Waals surface area contributed by atoms with Gasteiger partial charge in [-0.3, -0.25) is 0 Å². The minimum atomic E-state index is -0.0881. The van der Waals surface area contributed by atoms with Gasteiger partial charge in [0, 0.05) is 36.7 Å². The van der Waals surface area contributed by atoms with Crippen LogP contribution in [-0.4, -0.2) is 30.1 Å². The molecule has 20 heavy (non-hydrogen) atoms. The minimum Gasteiger partial charge on any atom is -0.367 e. The van der Waals surface area contributed by atoms with Gasteiger partial charge in [0.15, 0.2) is 0 Å². The smallest absolute Gasteiger partial charge is 0.146 e. The highest BCUT2D eigenvalue weighted by Crippen LogP contribution is 2.30. The highest BCUT2D eigenvalue weighted by atomic mass is 32.2. The monoisotopic (exact) mass is 296 g/mol. The van der Waals surface area contributed by atoms with E-state index >= 15 is 0 Å². The lowest BCUT2D eigenvalue weighted by atomic mass is 10.1. The minimum absolute atomic E-state index is 0.0881. The molecule has 1 N–H and O–H groups in total. The first-order valence-electron chi connectivity index (χ1n) is 7.49. The zero-order valence-electron chi connectivity index (χ0n) is 12.7. The third-order valence-corrected chi connectivity index (χ3v) is 5.05. The first kappa shape index (κ1) is 15.6. The van der Waals surface area contributed by atoms with Crippen molar-refractivity contribution in [1.82, 2.24) is 5.32 Å². The summed E-state index contributed by atoms with van der Waals surface area (Å²) in [5.74, 6) is 0.999. The van der Waals surface area contributed by atoms with Crippen molar-refractivity contribution in [3.05, 3.63) is 29.6 Å². The van der Waals surface area contributed by atoms with Crippen LogP contribution in [0, 0.1) is 5.82 Å². The molecule has 112 valence electrons. The molecule has 2 rings (SSSR count). The van der Waals surface area contributed by atoms with Crippen LogP contribution >= 0.6 is 11.8 Å². The van der Waals surface area contributed by atoms with Crippen LogP contribution in [0.25, 0.3) is 0 Å². The third kappa shape index (κ3) is 3.89. The second-order valence-corrected chi connectivity index (χ2v) is 7.04. The second kappa shape index (κ2) is 7.32. The molecule has 0 aromatic heterocycles. The van der Waals surface area contributed by atoms with Gasteiger partial charge in [-0.05, 0) is 18.1 Å². The number of benzene rings is 1. The molecule has 0 saturated carbocycles. The maximum Gasteiger partial charge on any atom is 0.146 e. The van der Waals surface area contributed by atoms with Gasteiger partial charge in [0.1, 0.15) is 5.82 Å². The van der Waals surface area contributed by atoms with E-state index in [1.807, 2.05) is 23.9 Å². The van der Waals surface area contributed by atoms with Crippen molar-refractivity contribution in [2.75, 3.05) is 23.7 Å². The van der Waals surface area contributed by atoms with Gasteiger partial charge in [-0.25, -0.2) is 4.39 Å². The predicted molar refractivity (Wildman–Crippen MR) is 87.1 cm³/mol. The Morgan fingerprint density at radius 2 is 2.25 bits per heavy atom. The number of nitrogens with one attached hydrogen (secondary N) is 1. The number of para-hydroxylation sites is 1. The Bertz CT molecular complexity index is 436. The van der Waals surface area contributed by atoms with Crippen LogP contribution in [0.1, 0.15) is 32.8 Å². The van der Waals surface area contributed by atoms with Crippen LogP contribution in [0.15, 0.2) is 18.2 Å². The molecule has 1 atom stereocenters. The van der Waals surface area contributed by atoms with E-state index in [4.69, 9.17) is 0 Å². The number of anilines is 1. The summed E-state index contributed by atoms with van der Waals surface area (Å²) >= 11 is 2.01. The summed E-state index contributed by atoms with van der Waals surface area (Å²) in [5.41, 5.74) is 1.87. The van der Waals surface area contributed by atoms with Crippen LogP contribution in [-0.2, 0) is 6.54 Å². The Morgan fingerprint density at radius 3 is 2.95 bits per heavy atom. The van der Waals surface area contributed by atoms with Gasteiger partial charge in [-0.1, -0.05) is 32.9 Å². The summed E-state index contributed by atoms with van der Waals surface area (Å²) in [6.07, 6.45) is 1.15. The summed E-state index contributed by atoms with van der Waals surface area (Å²) in [6.45, 7) is 9.07. The summed E-state index contributed by atoms with van der Waals surface area (Å²) in [4.78, 5) is 2.23. The van der Waals surface area contributed by atoms with E-state index in [9.17, 15) is 4.39 Å². The number of halogens is 1. The van der Waals surface area contributed by atoms with Crippen molar-refractivity contribution in [1.29, 1.82) is 0 Å². The lowest BCUT2D eigenvalue weighted by Gasteiger charge is -2.35. The van der Waals surface area contributed by atoms with E-state index in [-0.39, 0.29) is 5.82 Å². The molecule has 1 aromatic rings. The number of hydrogen-bond donors (Lipinski definition) is 1. The fourth-order valence-corrected chi connectivity index (χ4v) is 3.72. The lowest BCUT2D eigenvalue weighted by molar-refractivity contribution is 0.576. The summed E-state index contributed by atoms with van der Waals surface area (Å²) in [7, 11) is 0. The summed E-state index contributed by atoms with van der Waals surface area (Å²) in [5, 5.41) is 4.01.